The number of urea groups is 1. The van der Waals surface area contributed by atoms with Gasteiger partial charge in [0.25, 0.3) is 0 Å². The predicted octanol–water partition coefficient (Wildman–Crippen LogP) is 1.39. The average Bonchev–Trinajstić information content (AvgIpc) is 2.38. The highest BCUT2D eigenvalue weighted by Crippen LogP contribution is 2.21. The molecule has 0 atom stereocenters. The lowest BCUT2D eigenvalue weighted by atomic mass is 9.93. The third kappa shape index (κ3) is 3.88. The lowest BCUT2D eigenvalue weighted by molar-refractivity contribution is -0.119. The maximum atomic E-state index is 12.1. The van der Waals surface area contributed by atoms with E-state index in [2.05, 4.69) is 5.32 Å². The lowest BCUT2D eigenvalue weighted by Gasteiger charge is -2.31. The summed E-state index contributed by atoms with van der Waals surface area (Å²) in [6.45, 7) is 1.29. The van der Waals surface area contributed by atoms with Gasteiger partial charge in [-0.2, -0.15) is 0 Å². The molecule has 1 aliphatic rings. The topological polar surface area (TPSA) is 101 Å². The minimum absolute atomic E-state index is 0.131. The summed E-state index contributed by atoms with van der Waals surface area (Å²) in [4.78, 5) is 24.7. The quantitative estimate of drug-likeness (QED) is 0.727. The second kappa shape index (κ2) is 6.27. The number of hydrogen-bond donors (Lipinski definition) is 3. The number of nitrogens with one attached hydrogen (secondary N) is 1. The Bertz CT molecular complexity index is 496. The van der Waals surface area contributed by atoms with E-state index >= 15 is 0 Å². The van der Waals surface area contributed by atoms with Crippen molar-refractivity contribution in [2.24, 2.45) is 11.7 Å². The molecule has 0 saturated carbocycles. The number of anilines is 2. The summed E-state index contributed by atoms with van der Waals surface area (Å²) in [6, 6.07) is 6.95. The second-order valence-electron chi connectivity index (χ2n) is 5.16. The molecule has 0 aromatic heterocycles. The standard InChI is InChI=1S/C14H20N4O2/c15-11-2-1-3-12(9-11)17-14(20)18-6-4-10(5-7-18)8-13(16)19/h1-3,9-10H,4-8,15H2,(H2,16,19)(H,17,20). The summed E-state index contributed by atoms with van der Waals surface area (Å²) in [7, 11) is 0. The smallest absolute Gasteiger partial charge is 0.321 e. The molecule has 1 fully saturated rings. The molecule has 0 unspecified atom stereocenters. The molecular weight excluding hydrogens is 256 g/mol. The van der Waals surface area contributed by atoms with Gasteiger partial charge in [-0.15, -0.1) is 0 Å². The number of nitrogen functional groups attached to an aromatic ring is 1. The maximum Gasteiger partial charge on any atom is 0.321 e. The summed E-state index contributed by atoms with van der Waals surface area (Å²) < 4.78 is 0. The van der Waals surface area contributed by atoms with Crippen LogP contribution in [0.25, 0.3) is 0 Å². The summed E-state index contributed by atoms with van der Waals surface area (Å²) in [5, 5.41) is 2.82. The monoisotopic (exact) mass is 276 g/mol. The molecule has 1 aliphatic heterocycles. The first-order valence-corrected chi connectivity index (χ1v) is 6.74. The van der Waals surface area contributed by atoms with Gasteiger partial charge in [-0.25, -0.2) is 4.79 Å². The molecule has 1 saturated heterocycles. The van der Waals surface area contributed by atoms with Crippen molar-refractivity contribution in [2.45, 2.75) is 19.3 Å². The van der Waals surface area contributed by atoms with E-state index in [0.29, 0.717) is 36.8 Å². The van der Waals surface area contributed by atoms with Crippen LogP contribution in [-0.4, -0.2) is 29.9 Å². The van der Waals surface area contributed by atoms with Crippen LogP contribution in [0.4, 0.5) is 16.2 Å². The zero-order valence-corrected chi connectivity index (χ0v) is 11.3. The van der Waals surface area contributed by atoms with Crippen molar-refractivity contribution in [2.75, 3.05) is 24.1 Å². The Labute approximate surface area is 118 Å². The molecule has 1 aromatic rings. The Balaban J connectivity index is 1.84. The van der Waals surface area contributed by atoms with Crippen molar-refractivity contribution in [1.29, 1.82) is 0 Å². The van der Waals surface area contributed by atoms with Gasteiger partial charge in [0.15, 0.2) is 0 Å². The summed E-state index contributed by atoms with van der Waals surface area (Å²) in [6.07, 6.45) is 2.03. The van der Waals surface area contributed by atoms with Crippen LogP contribution in [0.15, 0.2) is 24.3 Å². The van der Waals surface area contributed by atoms with E-state index in [1.165, 1.54) is 0 Å². The second-order valence-corrected chi connectivity index (χ2v) is 5.16. The van der Waals surface area contributed by atoms with Crippen molar-refractivity contribution in [3.8, 4) is 0 Å². The Morgan fingerprint density at radius 1 is 1.30 bits per heavy atom. The number of likely N-dealkylation sites (tertiary alicyclic amines) is 1. The fraction of sp³-hybridized carbons (Fsp3) is 0.429. The third-order valence-electron chi connectivity index (χ3n) is 3.53. The minimum Gasteiger partial charge on any atom is -0.399 e. The molecule has 6 nitrogen and oxygen atoms in total. The van der Waals surface area contributed by atoms with Crippen LogP contribution in [0.1, 0.15) is 19.3 Å². The van der Waals surface area contributed by atoms with Gasteiger partial charge in [0.05, 0.1) is 0 Å². The van der Waals surface area contributed by atoms with Crippen molar-refractivity contribution >= 4 is 23.3 Å². The fourth-order valence-electron chi connectivity index (χ4n) is 2.44. The third-order valence-corrected chi connectivity index (χ3v) is 3.53. The molecule has 0 spiro atoms. The molecule has 0 radical (unpaired) electrons. The number of amides is 3. The lowest BCUT2D eigenvalue weighted by Crippen LogP contribution is -2.41. The Morgan fingerprint density at radius 3 is 2.60 bits per heavy atom. The molecule has 3 amide bonds. The van der Waals surface area contributed by atoms with Gasteiger partial charge in [-0.05, 0) is 37.0 Å². The molecule has 20 heavy (non-hydrogen) atoms. The highest BCUT2D eigenvalue weighted by molar-refractivity contribution is 5.89. The van der Waals surface area contributed by atoms with Gasteiger partial charge in [0.1, 0.15) is 0 Å². The molecule has 2 rings (SSSR count). The summed E-state index contributed by atoms with van der Waals surface area (Å²) >= 11 is 0. The van der Waals surface area contributed by atoms with Crippen LogP contribution in [0.2, 0.25) is 0 Å². The Hall–Kier alpha value is -2.24. The fourth-order valence-corrected chi connectivity index (χ4v) is 2.44. The number of rotatable bonds is 3. The van der Waals surface area contributed by atoms with E-state index in [-0.39, 0.29) is 11.9 Å². The van der Waals surface area contributed by atoms with Crippen LogP contribution in [-0.2, 0) is 4.79 Å². The number of primary amides is 1. The molecule has 6 heteroatoms. The first-order chi connectivity index (χ1) is 9.54. The molecule has 5 N–H and O–H groups in total. The molecule has 0 aliphatic carbocycles. The van der Waals surface area contributed by atoms with Gasteiger partial charge in [-0.3, -0.25) is 4.79 Å². The van der Waals surface area contributed by atoms with Crippen molar-refractivity contribution in [3.63, 3.8) is 0 Å². The van der Waals surface area contributed by atoms with Crippen LogP contribution in [0.5, 0.6) is 0 Å². The highest BCUT2D eigenvalue weighted by Gasteiger charge is 2.23. The van der Waals surface area contributed by atoms with E-state index in [0.717, 1.165) is 12.8 Å². The van der Waals surface area contributed by atoms with Crippen molar-refractivity contribution < 1.29 is 9.59 Å². The number of nitrogens with two attached hydrogens (primary N) is 2. The van der Waals surface area contributed by atoms with Crippen LogP contribution in [0.3, 0.4) is 0 Å². The maximum absolute atomic E-state index is 12.1. The summed E-state index contributed by atoms with van der Waals surface area (Å²) in [5.74, 6) is 0.0246. The van der Waals surface area contributed by atoms with E-state index in [4.69, 9.17) is 11.5 Å². The molecule has 0 bridgehead atoms. The van der Waals surface area contributed by atoms with Gasteiger partial charge < -0.3 is 21.7 Å². The zero-order chi connectivity index (χ0) is 14.5. The van der Waals surface area contributed by atoms with Crippen LogP contribution in [0, 0.1) is 5.92 Å². The Kier molecular flexibility index (Phi) is 4.45. The predicted molar refractivity (Wildman–Crippen MR) is 78.0 cm³/mol. The molecule has 1 heterocycles. The van der Waals surface area contributed by atoms with Crippen LogP contribution >= 0.6 is 0 Å². The van der Waals surface area contributed by atoms with Gasteiger partial charge in [-0.1, -0.05) is 6.07 Å². The van der Waals surface area contributed by atoms with Gasteiger partial charge in [0.2, 0.25) is 5.91 Å². The van der Waals surface area contributed by atoms with Crippen LogP contribution < -0.4 is 16.8 Å². The minimum atomic E-state index is -0.271. The first kappa shape index (κ1) is 14.2. The van der Waals surface area contributed by atoms with Crippen molar-refractivity contribution in [3.05, 3.63) is 24.3 Å². The normalized spacial score (nSPS) is 15.9. The average molecular weight is 276 g/mol. The number of carbonyl (C=O) groups excluding carboxylic acids is 2. The molecule has 1 aromatic carbocycles. The van der Waals surface area contributed by atoms with E-state index in [1.54, 1.807) is 29.2 Å². The largest absolute Gasteiger partial charge is 0.399 e. The number of benzene rings is 1. The number of piperidine rings is 1. The highest BCUT2D eigenvalue weighted by atomic mass is 16.2. The number of carbonyl (C=O) groups is 2. The zero-order valence-electron chi connectivity index (χ0n) is 11.3. The number of hydrogen-bond acceptors (Lipinski definition) is 3. The van der Waals surface area contributed by atoms with E-state index in [9.17, 15) is 9.59 Å². The van der Waals surface area contributed by atoms with Gasteiger partial charge >= 0.3 is 6.03 Å². The van der Waals surface area contributed by atoms with E-state index < -0.39 is 0 Å². The number of nitrogens with zero attached hydrogens (tertiary/aromatic N) is 1. The SMILES string of the molecule is NC(=O)CC1CCN(C(=O)Nc2cccc(N)c2)CC1. The molecular formula is C14H20N4O2. The summed E-state index contributed by atoms with van der Waals surface area (Å²) in [5.41, 5.74) is 12.2. The van der Waals surface area contributed by atoms with Crippen molar-refractivity contribution in [1.82, 2.24) is 4.90 Å². The molecule has 108 valence electrons. The Morgan fingerprint density at radius 2 is 2.00 bits per heavy atom. The van der Waals surface area contributed by atoms with E-state index in [1.807, 2.05) is 0 Å². The van der Waals surface area contributed by atoms with Gasteiger partial charge in [0, 0.05) is 30.9 Å². The first-order valence-electron chi connectivity index (χ1n) is 6.74.